The fraction of sp³-hybridized carbons (Fsp3) is 1.00. The Hall–Kier alpha value is -0.0400. The molecule has 0 saturated carbocycles. The second kappa shape index (κ2) is 23.2. The second-order valence-corrected chi connectivity index (χ2v) is 9.31. The maximum atomic E-state index is 2.84. The molecule has 0 aliphatic carbocycles. The van der Waals surface area contributed by atoms with E-state index >= 15 is 0 Å². The zero-order valence-electron chi connectivity index (χ0n) is 20.6. The van der Waals surface area contributed by atoms with E-state index in [0.29, 0.717) is 0 Å². The Balaban J connectivity index is 4.03. The largest absolute Gasteiger partial charge is 0.303 e. The first-order valence-electron chi connectivity index (χ1n) is 13.5. The van der Waals surface area contributed by atoms with Crippen LogP contribution in [-0.4, -0.2) is 24.5 Å². The highest BCUT2D eigenvalue weighted by Gasteiger charge is 2.12. The molecule has 1 nitrogen and oxygen atoms in total. The van der Waals surface area contributed by atoms with Gasteiger partial charge in [0.1, 0.15) is 0 Å². The summed E-state index contributed by atoms with van der Waals surface area (Å²) in [6.45, 7) is 13.4. The topological polar surface area (TPSA) is 3.24 Å². The van der Waals surface area contributed by atoms with Crippen LogP contribution in [0.25, 0.3) is 0 Å². The van der Waals surface area contributed by atoms with Crippen molar-refractivity contribution < 1.29 is 0 Å². The minimum absolute atomic E-state index is 0.929. The number of hydrogen-bond acceptors (Lipinski definition) is 1. The predicted molar refractivity (Wildman–Crippen MR) is 130 cm³/mol. The summed E-state index contributed by atoms with van der Waals surface area (Å²) in [5, 5.41) is 0. The van der Waals surface area contributed by atoms with Crippen LogP contribution in [-0.2, 0) is 0 Å². The van der Waals surface area contributed by atoms with Gasteiger partial charge >= 0.3 is 0 Å². The first kappa shape index (κ1) is 28.0. The summed E-state index contributed by atoms with van der Waals surface area (Å²) in [4.78, 5) is 2.84. The maximum Gasteiger partial charge on any atom is 0.000955 e. The fourth-order valence-corrected chi connectivity index (χ4v) is 4.34. The summed E-state index contributed by atoms with van der Waals surface area (Å²) in [5.41, 5.74) is 0. The molecule has 0 aromatic rings. The molecule has 0 fully saturated rings. The minimum atomic E-state index is 0.929. The molecule has 0 saturated heterocycles. The van der Waals surface area contributed by atoms with Gasteiger partial charge in [0, 0.05) is 6.54 Å². The average molecular weight is 396 g/mol. The molecule has 0 spiro atoms. The van der Waals surface area contributed by atoms with Crippen molar-refractivity contribution in [2.24, 2.45) is 5.92 Å². The number of nitrogens with zero attached hydrogens (tertiary/aromatic N) is 1. The van der Waals surface area contributed by atoms with Crippen molar-refractivity contribution in [1.29, 1.82) is 0 Å². The Labute approximate surface area is 180 Å². The summed E-state index contributed by atoms with van der Waals surface area (Å²) in [7, 11) is 0. The van der Waals surface area contributed by atoms with E-state index in [1.165, 1.54) is 142 Å². The van der Waals surface area contributed by atoms with Gasteiger partial charge in [0.15, 0.2) is 0 Å². The zero-order chi connectivity index (χ0) is 20.7. The van der Waals surface area contributed by atoms with Crippen LogP contribution < -0.4 is 0 Å². The quantitative estimate of drug-likeness (QED) is 0.156. The molecule has 1 atom stereocenters. The molecular weight excluding hydrogens is 338 g/mol. The lowest BCUT2D eigenvalue weighted by Crippen LogP contribution is -2.31. The van der Waals surface area contributed by atoms with Crippen LogP contribution >= 0.6 is 0 Å². The summed E-state index contributed by atoms with van der Waals surface area (Å²) >= 11 is 0. The molecule has 0 aliphatic heterocycles. The molecule has 28 heavy (non-hydrogen) atoms. The monoisotopic (exact) mass is 395 g/mol. The number of unbranched alkanes of at least 4 members (excludes halogenated alkanes) is 14. The second-order valence-electron chi connectivity index (χ2n) is 9.31. The van der Waals surface area contributed by atoms with Crippen molar-refractivity contribution in [3.8, 4) is 0 Å². The summed E-state index contributed by atoms with van der Waals surface area (Å²) < 4.78 is 0. The van der Waals surface area contributed by atoms with E-state index in [-0.39, 0.29) is 0 Å². The van der Waals surface area contributed by atoms with Gasteiger partial charge in [-0.25, -0.2) is 0 Å². The third kappa shape index (κ3) is 19.3. The standard InChI is InChI=1S/C27H57N/c1-5-9-12-14-16-18-20-22-25-28(26-27(8-4)23-11-7-3)24-21-19-17-15-13-10-6-2/h27H,5-26H2,1-4H3. The maximum absolute atomic E-state index is 2.84. The van der Waals surface area contributed by atoms with E-state index in [0.717, 1.165) is 5.92 Å². The van der Waals surface area contributed by atoms with Crippen molar-refractivity contribution in [2.75, 3.05) is 19.6 Å². The van der Waals surface area contributed by atoms with E-state index < -0.39 is 0 Å². The van der Waals surface area contributed by atoms with Gasteiger partial charge < -0.3 is 4.90 Å². The predicted octanol–water partition coefficient (Wildman–Crippen LogP) is 9.40. The molecule has 0 radical (unpaired) electrons. The van der Waals surface area contributed by atoms with E-state index in [1.54, 1.807) is 0 Å². The smallest absolute Gasteiger partial charge is 0.000955 e. The Bertz CT molecular complexity index is 275. The molecule has 0 amide bonds. The Morgan fingerprint density at radius 3 is 1.25 bits per heavy atom. The van der Waals surface area contributed by atoms with Gasteiger partial charge in [-0.15, -0.1) is 0 Å². The van der Waals surface area contributed by atoms with Crippen LogP contribution in [0.1, 0.15) is 150 Å². The van der Waals surface area contributed by atoms with Crippen molar-refractivity contribution in [3.05, 3.63) is 0 Å². The number of hydrogen-bond donors (Lipinski definition) is 0. The van der Waals surface area contributed by atoms with Crippen LogP contribution in [0.2, 0.25) is 0 Å². The molecule has 170 valence electrons. The van der Waals surface area contributed by atoms with Crippen molar-refractivity contribution in [3.63, 3.8) is 0 Å². The fourth-order valence-electron chi connectivity index (χ4n) is 4.34. The van der Waals surface area contributed by atoms with Crippen molar-refractivity contribution in [1.82, 2.24) is 4.90 Å². The minimum Gasteiger partial charge on any atom is -0.303 e. The molecular formula is C27H57N. The summed E-state index contributed by atoms with van der Waals surface area (Å²) in [6.07, 6.45) is 27.1. The SMILES string of the molecule is CCCCCCCCCCN(CCCCCCCCC)CC(CC)CCCC. The lowest BCUT2D eigenvalue weighted by molar-refractivity contribution is 0.210. The van der Waals surface area contributed by atoms with Crippen molar-refractivity contribution in [2.45, 2.75) is 150 Å². The summed E-state index contributed by atoms with van der Waals surface area (Å²) in [5.74, 6) is 0.929. The van der Waals surface area contributed by atoms with Gasteiger partial charge in [0.2, 0.25) is 0 Å². The first-order valence-corrected chi connectivity index (χ1v) is 13.5. The highest BCUT2D eigenvalue weighted by molar-refractivity contribution is 4.66. The highest BCUT2D eigenvalue weighted by atomic mass is 15.1. The molecule has 0 aliphatic rings. The van der Waals surface area contributed by atoms with E-state index in [4.69, 9.17) is 0 Å². The van der Waals surface area contributed by atoms with E-state index in [1.807, 2.05) is 0 Å². The molecule has 1 heteroatoms. The molecule has 0 rings (SSSR count). The average Bonchev–Trinajstić information content (AvgIpc) is 2.71. The third-order valence-electron chi connectivity index (χ3n) is 6.47. The molecule has 0 aromatic carbocycles. The van der Waals surface area contributed by atoms with Crippen LogP contribution in [0.3, 0.4) is 0 Å². The molecule has 0 bridgehead atoms. The Morgan fingerprint density at radius 2 is 0.857 bits per heavy atom. The molecule has 0 aromatic heterocycles. The van der Waals surface area contributed by atoms with Gasteiger partial charge in [-0.3, -0.25) is 0 Å². The van der Waals surface area contributed by atoms with E-state index in [2.05, 4.69) is 32.6 Å². The van der Waals surface area contributed by atoms with Gasteiger partial charge in [-0.1, -0.05) is 130 Å². The van der Waals surface area contributed by atoms with Crippen LogP contribution in [0.15, 0.2) is 0 Å². The van der Waals surface area contributed by atoms with Crippen LogP contribution in [0, 0.1) is 5.92 Å². The Kier molecular flexibility index (Phi) is 23.2. The van der Waals surface area contributed by atoms with Gasteiger partial charge in [-0.05, 0) is 38.3 Å². The molecule has 0 heterocycles. The van der Waals surface area contributed by atoms with Gasteiger partial charge in [-0.2, -0.15) is 0 Å². The summed E-state index contributed by atoms with van der Waals surface area (Å²) in [6, 6.07) is 0. The van der Waals surface area contributed by atoms with Gasteiger partial charge in [0.25, 0.3) is 0 Å². The van der Waals surface area contributed by atoms with Gasteiger partial charge in [0.05, 0.1) is 0 Å². The van der Waals surface area contributed by atoms with Crippen molar-refractivity contribution >= 4 is 0 Å². The third-order valence-corrected chi connectivity index (χ3v) is 6.47. The highest BCUT2D eigenvalue weighted by Crippen LogP contribution is 2.17. The lowest BCUT2D eigenvalue weighted by atomic mass is 9.98. The number of rotatable bonds is 23. The van der Waals surface area contributed by atoms with Crippen LogP contribution in [0.5, 0.6) is 0 Å². The lowest BCUT2D eigenvalue weighted by Gasteiger charge is -2.27. The van der Waals surface area contributed by atoms with E-state index in [9.17, 15) is 0 Å². The zero-order valence-corrected chi connectivity index (χ0v) is 20.6. The Morgan fingerprint density at radius 1 is 0.464 bits per heavy atom. The first-order chi connectivity index (χ1) is 13.8. The molecule has 1 unspecified atom stereocenters. The normalized spacial score (nSPS) is 12.8. The van der Waals surface area contributed by atoms with Crippen LogP contribution in [0.4, 0.5) is 0 Å². The molecule has 0 N–H and O–H groups in total.